The van der Waals surface area contributed by atoms with Gasteiger partial charge >= 0.3 is 0 Å². The Morgan fingerprint density at radius 1 is 0.947 bits per heavy atom. The molecule has 1 aliphatic heterocycles. The predicted octanol–water partition coefficient (Wildman–Crippen LogP) is 3.98. The molecule has 3 rings (SSSR count). The smallest absolute Gasteiger partial charge is 0.216 e. The summed E-state index contributed by atoms with van der Waals surface area (Å²) in [6, 6.07) is 20.7. The van der Waals surface area contributed by atoms with Crippen molar-refractivity contribution in [1.29, 1.82) is 0 Å². The summed E-state index contributed by atoms with van der Waals surface area (Å²) in [7, 11) is 0. The van der Waals surface area contributed by atoms with Crippen molar-refractivity contribution >= 4 is 5.90 Å². The Morgan fingerprint density at radius 3 is 2.26 bits per heavy atom. The standard InChI is InChI=1S/C17H17NO/c1-13-12-16(14-8-4-2-5-9-14)18-17(19-13)15-10-6-3-7-11-15/h2-11,13,16H,12H2,1H3/t13-,16+/m0/s1. The first-order chi connectivity index (χ1) is 9.33. The lowest BCUT2D eigenvalue weighted by Crippen LogP contribution is -2.24. The number of aliphatic imine (C=N–C) groups is 1. The number of hydrogen-bond acceptors (Lipinski definition) is 2. The van der Waals surface area contributed by atoms with Gasteiger partial charge in [-0.15, -0.1) is 0 Å². The second-order valence-electron chi connectivity index (χ2n) is 4.89. The molecule has 2 atom stereocenters. The molecule has 2 heteroatoms. The molecule has 0 spiro atoms. The van der Waals surface area contributed by atoms with E-state index in [1.165, 1.54) is 5.56 Å². The van der Waals surface area contributed by atoms with Crippen molar-refractivity contribution in [1.82, 2.24) is 0 Å². The minimum atomic E-state index is 0.193. The highest BCUT2D eigenvalue weighted by molar-refractivity contribution is 5.94. The maximum absolute atomic E-state index is 5.87. The number of hydrogen-bond donors (Lipinski definition) is 0. The number of benzene rings is 2. The molecule has 0 aliphatic carbocycles. The fourth-order valence-corrected chi connectivity index (χ4v) is 2.39. The van der Waals surface area contributed by atoms with Gasteiger partial charge in [0.15, 0.2) is 0 Å². The quantitative estimate of drug-likeness (QED) is 0.791. The molecule has 0 N–H and O–H groups in total. The van der Waals surface area contributed by atoms with E-state index in [4.69, 9.17) is 9.73 Å². The fraction of sp³-hybridized carbons (Fsp3) is 0.235. The average Bonchev–Trinajstić information content (AvgIpc) is 2.48. The van der Waals surface area contributed by atoms with Crippen molar-refractivity contribution in [2.45, 2.75) is 25.5 Å². The van der Waals surface area contributed by atoms with Crippen LogP contribution in [0.4, 0.5) is 0 Å². The molecule has 2 nitrogen and oxygen atoms in total. The molecule has 19 heavy (non-hydrogen) atoms. The maximum Gasteiger partial charge on any atom is 0.216 e. The molecule has 0 fully saturated rings. The van der Waals surface area contributed by atoms with E-state index in [0.29, 0.717) is 0 Å². The first-order valence-corrected chi connectivity index (χ1v) is 6.68. The summed E-state index contributed by atoms with van der Waals surface area (Å²) in [6.07, 6.45) is 1.12. The van der Waals surface area contributed by atoms with E-state index < -0.39 is 0 Å². The summed E-state index contributed by atoms with van der Waals surface area (Å²) >= 11 is 0. The van der Waals surface area contributed by atoms with Gasteiger partial charge in [-0.05, 0) is 24.6 Å². The van der Waals surface area contributed by atoms with Crippen molar-refractivity contribution in [2.24, 2.45) is 4.99 Å². The van der Waals surface area contributed by atoms with Gasteiger partial charge in [0.25, 0.3) is 0 Å². The predicted molar refractivity (Wildman–Crippen MR) is 77.3 cm³/mol. The zero-order chi connectivity index (χ0) is 13.1. The monoisotopic (exact) mass is 251 g/mol. The fourth-order valence-electron chi connectivity index (χ4n) is 2.39. The topological polar surface area (TPSA) is 21.6 Å². The van der Waals surface area contributed by atoms with Crippen LogP contribution in [0.5, 0.6) is 0 Å². The Kier molecular flexibility index (Phi) is 3.32. The summed E-state index contributed by atoms with van der Waals surface area (Å²) in [5.41, 5.74) is 2.31. The van der Waals surface area contributed by atoms with Crippen LogP contribution in [0, 0.1) is 0 Å². The van der Waals surface area contributed by atoms with E-state index in [9.17, 15) is 0 Å². The largest absolute Gasteiger partial charge is 0.474 e. The van der Waals surface area contributed by atoms with Gasteiger partial charge in [0.1, 0.15) is 6.10 Å². The second-order valence-corrected chi connectivity index (χ2v) is 4.89. The average molecular weight is 251 g/mol. The highest BCUT2D eigenvalue weighted by Crippen LogP contribution is 2.29. The van der Waals surface area contributed by atoms with Gasteiger partial charge in [0, 0.05) is 12.0 Å². The van der Waals surface area contributed by atoms with Gasteiger partial charge in [0.05, 0.1) is 6.04 Å². The van der Waals surface area contributed by atoms with E-state index in [2.05, 4.69) is 31.2 Å². The van der Waals surface area contributed by atoms with E-state index in [1.807, 2.05) is 36.4 Å². The molecule has 0 radical (unpaired) electrons. The van der Waals surface area contributed by atoms with E-state index >= 15 is 0 Å². The van der Waals surface area contributed by atoms with Crippen molar-refractivity contribution in [2.75, 3.05) is 0 Å². The van der Waals surface area contributed by atoms with Crippen LogP contribution in [0.2, 0.25) is 0 Å². The zero-order valence-corrected chi connectivity index (χ0v) is 11.0. The summed E-state index contributed by atoms with van der Waals surface area (Å²) in [5.74, 6) is 0.758. The molecule has 0 amide bonds. The first kappa shape index (κ1) is 12.0. The number of rotatable bonds is 2. The highest BCUT2D eigenvalue weighted by Gasteiger charge is 2.23. The van der Waals surface area contributed by atoms with Gasteiger partial charge in [0.2, 0.25) is 5.90 Å². The molecular formula is C17H17NO. The maximum atomic E-state index is 5.87. The number of ether oxygens (including phenoxy) is 1. The van der Waals surface area contributed by atoms with Crippen molar-refractivity contribution in [3.8, 4) is 0 Å². The summed E-state index contributed by atoms with van der Waals surface area (Å²) in [4.78, 5) is 4.77. The molecule has 1 aliphatic rings. The van der Waals surface area contributed by atoms with Crippen LogP contribution in [0.25, 0.3) is 0 Å². The first-order valence-electron chi connectivity index (χ1n) is 6.68. The van der Waals surface area contributed by atoms with E-state index in [0.717, 1.165) is 17.9 Å². The van der Waals surface area contributed by atoms with Crippen molar-refractivity contribution < 1.29 is 4.74 Å². The molecule has 0 saturated carbocycles. The minimum absolute atomic E-state index is 0.193. The zero-order valence-electron chi connectivity index (χ0n) is 11.0. The molecule has 0 saturated heterocycles. The molecule has 96 valence electrons. The lowest BCUT2D eigenvalue weighted by Gasteiger charge is -2.27. The molecule has 1 heterocycles. The van der Waals surface area contributed by atoms with Gasteiger partial charge < -0.3 is 4.74 Å². The normalized spacial score (nSPS) is 22.5. The van der Waals surface area contributed by atoms with Gasteiger partial charge in [-0.25, -0.2) is 4.99 Å². The molecule has 2 aromatic carbocycles. The molecule has 0 bridgehead atoms. The summed E-state index contributed by atoms with van der Waals surface area (Å²) in [6.45, 7) is 2.10. The Balaban J connectivity index is 1.95. The number of nitrogens with zero attached hydrogens (tertiary/aromatic N) is 1. The van der Waals surface area contributed by atoms with Crippen LogP contribution >= 0.6 is 0 Å². The van der Waals surface area contributed by atoms with Gasteiger partial charge in [-0.3, -0.25) is 0 Å². The minimum Gasteiger partial charge on any atom is -0.474 e. The van der Waals surface area contributed by atoms with Crippen LogP contribution < -0.4 is 0 Å². The SMILES string of the molecule is C[C@H]1C[C@H](c2ccccc2)N=C(c2ccccc2)O1. The van der Waals surface area contributed by atoms with Crippen LogP contribution in [0.3, 0.4) is 0 Å². The van der Waals surface area contributed by atoms with Gasteiger partial charge in [-0.1, -0.05) is 48.5 Å². The van der Waals surface area contributed by atoms with Crippen LogP contribution in [-0.2, 0) is 4.74 Å². The van der Waals surface area contributed by atoms with Crippen LogP contribution in [-0.4, -0.2) is 12.0 Å². The third-order valence-corrected chi connectivity index (χ3v) is 3.35. The van der Waals surface area contributed by atoms with Crippen molar-refractivity contribution in [3.63, 3.8) is 0 Å². The van der Waals surface area contributed by atoms with E-state index in [-0.39, 0.29) is 12.1 Å². The Hall–Kier alpha value is -2.09. The molecular weight excluding hydrogens is 234 g/mol. The Labute approximate surface area is 113 Å². The molecule has 0 unspecified atom stereocenters. The second kappa shape index (κ2) is 5.27. The summed E-state index contributed by atoms with van der Waals surface area (Å²) < 4.78 is 5.87. The van der Waals surface area contributed by atoms with Gasteiger partial charge in [-0.2, -0.15) is 0 Å². The lowest BCUT2D eigenvalue weighted by molar-refractivity contribution is 0.168. The summed E-state index contributed by atoms with van der Waals surface area (Å²) in [5, 5.41) is 0. The van der Waals surface area contributed by atoms with Crippen LogP contribution in [0.15, 0.2) is 65.7 Å². The third kappa shape index (κ3) is 2.68. The Bertz CT molecular complexity index is 562. The van der Waals surface area contributed by atoms with Crippen molar-refractivity contribution in [3.05, 3.63) is 71.8 Å². The lowest BCUT2D eigenvalue weighted by atomic mass is 10.0. The highest BCUT2D eigenvalue weighted by atomic mass is 16.5. The Morgan fingerprint density at radius 2 is 1.58 bits per heavy atom. The third-order valence-electron chi connectivity index (χ3n) is 3.35. The molecule has 2 aromatic rings. The van der Waals surface area contributed by atoms with Crippen LogP contribution in [0.1, 0.15) is 30.5 Å². The molecule has 0 aromatic heterocycles. The van der Waals surface area contributed by atoms with E-state index in [1.54, 1.807) is 0 Å².